The molecule has 0 radical (unpaired) electrons. The van der Waals surface area contributed by atoms with Crippen LogP contribution in [0, 0.1) is 5.92 Å². The normalized spacial score (nSPS) is 21.4. The second kappa shape index (κ2) is 6.54. The molecule has 0 aromatic rings. The van der Waals surface area contributed by atoms with Crippen LogP contribution in [0.2, 0.25) is 0 Å². The summed E-state index contributed by atoms with van der Waals surface area (Å²) in [4.78, 5) is 35.9. The Bertz CT molecular complexity index is 396. The largest absolute Gasteiger partial charge is 0.349 e. The van der Waals surface area contributed by atoms with E-state index < -0.39 is 0 Å². The summed E-state index contributed by atoms with van der Waals surface area (Å²) in [6.45, 7) is 2.54. The van der Waals surface area contributed by atoms with E-state index in [4.69, 9.17) is 5.73 Å². The van der Waals surface area contributed by atoms with Gasteiger partial charge in [0.1, 0.15) is 0 Å². The number of nitrogens with one attached hydrogen (secondary N) is 1. The molecule has 20 heavy (non-hydrogen) atoms. The zero-order valence-corrected chi connectivity index (χ0v) is 12.5. The summed E-state index contributed by atoms with van der Waals surface area (Å²) in [5.41, 5.74) is 5.37. The number of hydrogen-bond acceptors (Lipinski definition) is 4. The summed E-state index contributed by atoms with van der Waals surface area (Å²) in [5.74, 6) is -0.0491. The van der Waals surface area contributed by atoms with E-state index in [0.717, 1.165) is 12.8 Å². The van der Waals surface area contributed by atoms with Crippen LogP contribution in [0.3, 0.4) is 0 Å². The van der Waals surface area contributed by atoms with Crippen molar-refractivity contribution in [2.45, 2.75) is 44.6 Å². The Morgan fingerprint density at radius 3 is 2.35 bits per heavy atom. The molecular weight excluding hydrogens is 282 g/mol. The third kappa shape index (κ3) is 3.70. The van der Waals surface area contributed by atoms with Crippen molar-refractivity contribution in [3.8, 4) is 0 Å². The van der Waals surface area contributed by atoms with Crippen LogP contribution in [0.25, 0.3) is 0 Å². The predicted octanol–water partition coefficient (Wildman–Crippen LogP) is 0.191. The van der Waals surface area contributed by atoms with E-state index in [2.05, 4.69) is 5.32 Å². The second-order valence-corrected chi connectivity index (χ2v) is 5.63. The molecule has 2 aliphatic rings. The van der Waals surface area contributed by atoms with E-state index >= 15 is 0 Å². The number of hydrogen-bond donors (Lipinski definition) is 2. The van der Waals surface area contributed by atoms with Crippen LogP contribution in [-0.4, -0.2) is 41.2 Å². The number of nitrogens with two attached hydrogens (primary N) is 1. The third-order valence-electron chi connectivity index (χ3n) is 4.04. The predicted molar refractivity (Wildman–Crippen MR) is 76.1 cm³/mol. The summed E-state index contributed by atoms with van der Waals surface area (Å²) < 4.78 is 0. The lowest BCUT2D eigenvalue weighted by molar-refractivity contribution is -0.138. The van der Waals surface area contributed by atoms with Crippen molar-refractivity contribution in [1.29, 1.82) is 0 Å². The maximum atomic E-state index is 11.9. The number of rotatable bonds is 6. The molecule has 2 fully saturated rings. The maximum absolute atomic E-state index is 11.9. The molecule has 0 aromatic carbocycles. The molecule has 1 saturated carbocycles. The van der Waals surface area contributed by atoms with Crippen molar-refractivity contribution in [2.24, 2.45) is 11.7 Å². The minimum atomic E-state index is -0.351. The van der Waals surface area contributed by atoms with Crippen molar-refractivity contribution in [2.75, 3.05) is 13.1 Å². The molecule has 3 amide bonds. The zero-order valence-electron chi connectivity index (χ0n) is 11.7. The standard InChI is InChI=1S/C13H21N3O3.ClH/c1-13(8-14,9-2-3-9)15-10(17)6-7-16-11(18)4-5-12(16)19;/h9H,2-8,14H2,1H3,(H,15,17);1H. The van der Waals surface area contributed by atoms with E-state index in [9.17, 15) is 14.4 Å². The van der Waals surface area contributed by atoms with E-state index in [1.807, 2.05) is 6.92 Å². The fraction of sp³-hybridized carbons (Fsp3) is 0.769. The van der Waals surface area contributed by atoms with Gasteiger partial charge in [-0.2, -0.15) is 0 Å². The Hall–Kier alpha value is -1.14. The first-order valence-corrected chi connectivity index (χ1v) is 6.80. The van der Waals surface area contributed by atoms with E-state index in [-0.39, 0.29) is 61.5 Å². The van der Waals surface area contributed by atoms with E-state index in [1.54, 1.807) is 0 Å². The molecule has 0 bridgehead atoms. The fourth-order valence-corrected chi connectivity index (χ4v) is 2.51. The molecule has 1 aliphatic carbocycles. The molecule has 1 aliphatic heterocycles. The number of likely N-dealkylation sites (tertiary alicyclic amines) is 1. The summed E-state index contributed by atoms with van der Waals surface area (Å²) in [6.07, 6.45) is 2.88. The maximum Gasteiger partial charge on any atom is 0.229 e. The number of amides is 3. The fourth-order valence-electron chi connectivity index (χ4n) is 2.51. The summed E-state index contributed by atoms with van der Waals surface area (Å²) in [6, 6.07) is 0. The minimum Gasteiger partial charge on any atom is -0.349 e. The molecule has 3 N–H and O–H groups in total. The number of nitrogens with zero attached hydrogens (tertiary/aromatic N) is 1. The Balaban J connectivity index is 0.00000200. The molecule has 7 heteroatoms. The number of halogens is 1. The summed E-state index contributed by atoms with van der Waals surface area (Å²) >= 11 is 0. The Labute approximate surface area is 124 Å². The van der Waals surface area contributed by atoms with Crippen molar-refractivity contribution < 1.29 is 14.4 Å². The number of carbonyl (C=O) groups is 3. The first-order chi connectivity index (χ1) is 8.96. The van der Waals surface area contributed by atoms with Gasteiger partial charge in [0, 0.05) is 32.4 Å². The highest BCUT2D eigenvalue weighted by Gasteiger charge is 2.41. The van der Waals surface area contributed by atoms with Crippen LogP contribution >= 0.6 is 12.4 Å². The van der Waals surface area contributed by atoms with Crippen molar-refractivity contribution in [3.05, 3.63) is 0 Å². The summed E-state index contributed by atoms with van der Waals surface area (Å²) in [7, 11) is 0. The van der Waals surface area contributed by atoms with Gasteiger partial charge in [0.25, 0.3) is 0 Å². The van der Waals surface area contributed by atoms with Gasteiger partial charge in [-0.3, -0.25) is 19.3 Å². The van der Waals surface area contributed by atoms with Crippen molar-refractivity contribution in [1.82, 2.24) is 10.2 Å². The average molecular weight is 304 g/mol. The summed E-state index contributed by atoms with van der Waals surface area (Å²) in [5, 5.41) is 2.95. The highest BCUT2D eigenvalue weighted by Crippen LogP contribution is 2.38. The molecule has 1 saturated heterocycles. The van der Waals surface area contributed by atoms with Crippen LogP contribution in [0.4, 0.5) is 0 Å². The van der Waals surface area contributed by atoms with Gasteiger partial charge in [-0.25, -0.2) is 0 Å². The van der Waals surface area contributed by atoms with Gasteiger partial charge >= 0.3 is 0 Å². The average Bonchev–Trinajstić information content (AvgIpc) is 3.16. The lowest BCUT2D eigenvalue weighted by Gasteiger charge is -2.29. The van der Waals surface area contributed by atoms with Crippen LogP contribution < -0.4 is 11.1 Å². The quantitative estimate of drug-likeness (QED) is 0.685. The lowest BCUT2D eigenvalue weighted by atomic mass is 9.96. The molecule has 0 aromatic heterocycles. The molecule has 6 nitrogen and oxygen atoms in total. The molecule has 1 atom stereocenters. The molecule has 1 unspecified atom stereocenters. The second-order valence-electron chi connectivity index (χ2n) is 5.63. The van der Waals surface area contributed by atoms with Crippen LogP contribution in [0.5, 0.6) is 0 Å². The topological polar surface area (TPSA) is 92.5 Å². The van der Waals surface area contributed by atoms with Gasteiger partial charge in [0.15, 0.2) is 0 Å². The Morgan fingerprint density at radius 1 is 1.35 bits per heavy atom. The SMILES string of the molecule is CC(CN)(NC(=O)CCN1C(=O)CCC1=O)C1CC1.Cl. The van der Waals surface area contributed by atoms with Gasteiger partial charge in [-0.1, -0.05) is 0 Å². The van der Waals surface area contributed by atoms with Crippen LogP contribution in [0.15, 0.2) is 0 Å². The monoisotopic (exact) mass is 303 g/mol. The van der Waals surface area contributed by atoms with Crippen LogP contribution in [-0.2, 0) is 14.4 Å². The molecule has 2 rings (SSSR count). The Morgan fingerprint density at radius 2 is 1.90 bits per heavy atom. The molecular formula is C13H22ClN3O3. The molecule has 0 spiro atoms. The number of carbonyl (C=O) groups excluding carboxylic acids is 3. The van der Waals surface area contributed by atoms with E-state index in [1.165, 1.54) is 4.90 Å². The van der Waals surface area contributed by atoms with Crippen LogP contribution in [0.1, 0.15) is 39.0 Å². The molecule has 1 heterocycles. The van der Waals surface area contributed by atoms with Gasteiger partial charge in [0.2, 0.25) is 17.7 Å². The highest BCUT2D eigenvalue weighted by molar-refractivity contribution is 6.02. The first-order valence-electron chi connectivity index (χ1n) is 6.80. The van der Waals surface area contributed by atoms with E-state index in [0.29, 0.717) is 12.5 Å². The van der Waals surface area contributed by atoms with Gasteiger partial charge in [0.05, 0.1) is 5.54 Å². The minimum absolute atomic E-state index is 0. The molecule has 114 valence electrons. The Kier molecular flexibility index (Phi) is 5.53. The van der Waals surface area contributed by atoms with Gasteiger partial charge < -0.3 is 11.1 Å². The van der Waals surface area contributed by atoms with Gasteiger partial charge in [-0.05, 0) is 25.7 Å². The zero-order chi connectivity index (χ0) is 14.0. The first kappa shape index (κ1) is 16.9. The lowest BCUT2D eigenvalue weighted by Crippen LogP contribution is -2.53. The highest BCUT2D eigenvalue weighted by atomic mass is 35.5. The van der Waals surface area contributed by atoms with Crippen molar-refractivity contribution >= 4 is 30.1 Å². The smallest absolute Gasteiger partial charge is 0.229 e. The van der Waals surface area contributed by atoms with Gasteiger partial charge in [-0.15, -0.1) is 12.4 Å². The van der Waals surface area contributed by atoms with Crippen molar-refractivity contribution in [3.63, 3.8) is 0 Å². The third-order valence-corrected chi connectivity index (χ3v) is 4.04. The number of imide groups is 1.